The van der Waals surface area contributed by atoms with Crippen LogP contribution in [0.1, 0.15) is 24.0 Å². The fourth-order valence-electron chi connectivity index (χ4n) is 4.59. The van der Waals surface area contributed by atoms with E-state index in [4.69, 9.17) is 9.47 Å². The fourth-order valence-corrected chi connectivity index (χ4v) is 4.59. The number of guanidine groups is 1. The van der Waals surface area contributed by atoms with Crippen LogP contribution in [0, 0.1) is 5.41 Å². The molecule has 31 heavy (non-hydrogen) atoms. The average Bonchev–Trinajstić information content (AvgIpc) is 3.38. The van der Waals surface area contributed by atoms with Crippen LogP contribution in [0.5, 0.6) is 0 Å². The Morgan fingerprint density at radius 2 is 1.90 bits per heavy atom. The van der Waals surface area contributed by atoms with Crippen LogP contribution >= 0.6 is 24.0 Å². The molecule has 0 saturated carbocycles. The van der Waals surface area contributed by atoms with Crippen LogP contribution < -0.4 is 10.2 Å². The van der Waals surface area contributed by atoms with Crippen molar-refractivity contribution in [2.75, 3.05) is 64.6 Å². The Hall–Kier alpha value is -1.27. The Kier molecular flexibility index (Phi) is 7.95. The van der Waals surface area contributed by atoms with Gasteiger partial charge in [-0.25, -0.2) is 0 Å². The number of likely N-dealkylation sites (tertiary alicyclic amines) is 1. The maximum atomic E-state index is 13.8. The first kappa shape index (κ1) is 24.4. The minimum atomic E-state index is -4.41. The van der Waals surface area contributed by atoms with E-state index in [9.17, 15) is 13.2 Å². The SMILES string of the molecule is CN=C(NCc1ccc(N2CCOCC2)cc1C(F)(F)F)N1CCC2(CCOC2)C1.I. The number of rotatable bonds is 3. The third-order valence-electron chi connectivity index (χ3n) is 6.35. The molecule has 1 aromatic carbocycles. The van der Waals surface area contributed by atoms with Gasteiger partial charge in [-0.05, 0) is 30.5 Å². The number of morpholine rings is 1. The number of halogens is 4. The minimum absolute atomic E-state index is 0. The Morgan fingerprint density at radius 1 is 1.13 bits per heavy atom. The zero-order chi connectivity index (χ0) is 21.2. The molecule has 1 spiro atoms. The van der Waals surface area contributed by atoms with Gasteiger partial charge in [-0.3, -0.25) is 4.99 Å². The normalized spacial score (nSPS) is 24.6. The van der Waals surface area contributed by atoms with Crippen LogP contribution in [0.3, 0.4) is 0 Å². The van der Waals surface area contributed by atoms with Crippen molar-refractivity contribution in [3.05, 3.63) is 29.3 Å². The topological polar surface area (TPSA) is 49.3 Å². The van der Waals surface area contributed by atoms with Crippen LogP contribution in [-0.2, 0) is 22.2 Å². The summed E-state index contributed by atoms with van der Waals surface area (Å²) in [7, 11) is 1.67. The second-order valence-electron chi connectivity index (χ2n) is 8.31. The summed E-state index contributed by atoms with van der Waals surface area (Å²) in [5.74, 6) is 0.643. The Labute approximate surface area is 198 Å². The quantitative estimate of drug-likeness (QED) is 0.353. The van der Waals surface area contributed by atoms with E-state index in [-0.39, 0.29) is 41.5 Å². The van der Waals surface area contributed by atoms with Crippen molar-refractivity contribution in [2.24, 2.45) is 10.4 Å². The van der Waals surface area contributed by atoms with Crippen LogP contribution in [0.4, 0.5) is 18.9 Å². The van der Waals surface area contributed by atoms with Crippen molar-refractivity contribution in [1.82, 2.24) is 10.2 Å². The highest BCUT2D eigenvalue weighted by molar-refractivity contribution is 14.0. The molecule has 10 heteroatoms. The third kappa shape index (κ3) is 5.57. The summed E-state index contributed by atoms with van der Waals surface area (Å²) in [5, 5.41) is 3.15. The van der Waals surface area contributed by atoms with Gasteiger partial charge in [-0.2, -0.15) is 13.2 Å². The summed E-state index contributed by atoms with van der Waals surface area (Å²) in [6.07, 6.45) is -2.36. The molecule has 4 rings (SSSR count). The van der Waals surface area contributed by atoms with E-state index in [2.05, 4.69) is 15.2 Å². The molecule has 1 N–H and O–H groups in total. The van der Waals surface area contributed by atoms with Crippen molar-refractivity contribution in [3.63, 3.8) is 0 Å². The second-order valence-corrected chi connectivity index (χ2v) is 8.31. The molecule has 1 aromatic rings. The number of aliphatic imine (C=N–C) groups is 1. The molecule has 3 fully saturated rings. The highest BCUT2D eigenvalue weighted by Gasteiger charge is 2.42. The lowest BCUT2D eigenvalue weighted by Gasteiger charge is -2.30. The van der Waals surface area contributed by atoms with Gasteiger partial charge in [0.2, 0.25) is 0 Å². The van der Waals surface area contributed by atoms with Gasteiger partial charge in [0.15, 0.2) is 5.96 Å². The number of benzene rings is 1. The first-order valence-corrected chi connectivity index (χ1v) is 10.5. The van der Waals surface area contributed by atoms with Gasteiger partial charge >= 0.3 is 6.18 Å². The average molecular weight is 554 g/mol. The number of anilines is 1. The van der Waals surface area contributed by atoms with Crippen LogP contribution in [0.15, 0.2) is 23.2 Å². The van der Waals surface area contributed by atoms with Crippen LogP contribution in [0.2, 0.25) is 0 Å². The number of nitrogens with zero attached hydrogens (tertiary/aromatic N) is 3. The maximum Gasteiger partial charge on any atom is 0.416 e. The molecule has 3 aliphatic heterocycles. The molecular formula is C21H30F3IN4O2. The molecule has 174 valence electrons. The maximum absolute atomic E-state index is 13.8. The predicted molar refractivity (Wildman–Crippen MR) is 124 cm³/mol. The molecule has 3 heterocycles. The lowest BCUT2D eigenvalue weighted by Crippen LogP contribution is -2.41. The van der Waals surface area contributed by atoms with E-state index in [0.29, 0.717) is 38.0 Å². The first-order valence-electron chi connectivity index (χ1n) is 10.5. The molecular weight excluding hydrogens is 524 g/mol. The van der Waals surface area contributed by atoms with Crippen molar-refractivity contribution in [1.29, 1.82) is 0 Å². The van der Waals surface area contributed by atoms with Gasteiger partial charge in [0, 0.05) is 57.5 Å². The molecule has 3 aliphatic rings. The van der Waals surface area contributed by atoms with E-state index in [1.807, 2.05) is 4.90 Å². The van der Waals surface area contributed by atoms with Crippen LogP contribution in [-0.4, -0.2) is 70.5 Å². The molecule has 0 bridgehead atoms. The van der Waals surface area contributed by atoms with Crippen molar-refractivity contribution < 1.29 is 22.6 Å². The third-order valence-corrected chi connectivity index (χ3v) is 6.35. The smallest absolute Gasteiger partial charge is 0.381 e. The summed E-state index contributed by atoms with van der Waals surface area (Å²) in [6.45, 7) is 5.54. The molecule has 0 aromatic heterocycles. The van der Waals surface area contributed by atoms with Crippen LogP contribution in [0.25, 0.3) is 0 Å². The first-order chi connectivity index (χ1) is 14.4. The summed E-state index contributed by atoms with van der Waals surface area (Å²) in [6, 6.07) is 4.59. The second kappa shape index (κ2) is 10.1. The van der Waals surface area contributed by atoms with Gasteiger partial charge in [-0.1, -0.05) is 6.07 Å². The number of alkyl halides is 3. The van der Waals surface area contributed by atoms with Gasteiger partial charge in [-0.15, -0.1) is 24.0 Å². The van der Waals surface area contributed by atoms with E-state index >= 15 is 0 Å². The van der Waals surface area contributed by atoms with Crippen molar-refractivity contribution in [2.45, 2.75) is 25.6 Å². The van der Waals surface area contributed by atoms with E-state index in [1.165, 1.54) is 6.07 Å². The molecule has 6 nitrogen and oxygen atoms in total. The van der Waals surface area contributed by atoms with E-state index in [1.54, 1.807) is 19.2 Å². The van der Waals surface area contributed by atoms with Crippen molar-refractivity contribution >= 4 is 35.6 Å². The van der Waals surface area contributed by atoms with Gasteiger partial charge in [0.25, 0.3) is 0 Å². The molecule has 1 atom stereocenters. The number of nitrogens with one attached hydrogen (secondary N) is 1. The number of ether oxygens (including phenoxy) is 2. The lowest BCUT2D eigenvalue weighted by atomic mass is 9.87. The van der Waals surface area contributed by atoms with Gasteiger partial charge < -0.3 is 24.6 Å². The minimum Gasteiger partial charge on any atom is -0.381 e. The van der Waals surface area contributed by atoms with E-state index in [0.717, 1.165) is 39.1 Å². The molecule has 0 amide bonds. The molecule has 3 saturated heterocycles. The zero-order valence-corrected chi connectivity index (χ0v) is 20.0. The number of hydrogen-bond acceptors (Lipinski definition) is 4. The summed E-state index contributed by atoms with van der Waals surface area (Å²) in [5.41, 5.74) is 0.367. The Morgan fingerprint density at radius 3 is 2.55 bits per heavy atom. The number of hydrogen-bond donors (Lipinski definition) is 1. The molecule has 0 aliphatic carbocycles. The summed E-state index contributed by atoms with van der Waals surface area (Å²) < 4.78 is 52.2. The van der Waals surface area contributed by atoms with E-state index < -0.39 is 11.7 Å². The Bertz CT molecular complexity index is 778. The molecule has 1 unspecified atom stereocenters. The highest BCUT2D eigenvalue weighted by Crippen LogP contribution is 2.38. The summed E-state index contributed by atoms with van der Waals surface area (Å²) >= 11 is 0. The standard InChI is InChI=1S/C21H29F3N4O2.HI/c1-25-19(28-6-4-20(14-28)5-9-30-15-20)26-13-16-2-3-17(12-18(16)21(22,23)24)27-7-10-29-11-8-27;/h2-3,12H,4-11,13-15H2,1H3,(H,25,26);1H. The van der Waals surface area contributed by atoms with Gasteiger partial charge in [0.1, 0.15) is 0 Å². The van der Waals surface area contributed by atoms with Crippen molar-refractivity contribution in [3.8, 4) is 0 Å². The monoisotopic (exact) mass is 554 g/mol. The fraction of sp³-hybridized carbons (Fsp3) is 0.667. The van der Waals surface area contributed by atoms with Gasteiger partial charge in [0.05, 0.1) is 25.4 Å². The summed E-state index contributed by atoms with van der Waals surface area (Å²) in [4.78, 5) is 8.37. The zero-order valence-electron chi connectivity index (χ0n) is 17.7. The highest BCUT2D eigenvalue weighted by atomic mass is 127. The largest absolute Gasteiger partial charge is 0.416 e. The Balaban J connectivity index is 0.00000272. The molecule has 0 radical (unpaired) electrons. The lowest BCUT2D eigenvalue weighted by molar-refractivity contribution is -0.138. The predicted octanol–water partition coefficient (Wildman–Crippen LogP) is 3.35.